The topological polar surface area (TPSA) is 72.2 Å². The molecule has 0 aliphatic rings. The van der Waals surface area contributed by atoms with E-state index in [1.165, 1.54) is 36.4 Å². The summed E-state index contributed by atoms with van der Waals surface area (Å²) >= 11 is 6.38. The van der Waals surface area contributed by atoms with Crippen LogP contribution in [0.3, 0.4) is 0 Å². The third-order valence-electron chi connectivity index (χ3n) is 2.67. The molecule has 0 amide bonds. The van der Waals surface area contributed by atoms with Gasteiger partial charge in [-0.15, -0.1) is 0 Å². The van der Waals surface area contributed by atoms with Gasteiger partial charge in [0.2, 0.25) is 10.0 Å². The molecule has 8 heteroatoms. The maximum Gasteiger partial charge on any atom is 0.243 e. The molecule has 112 valence electrons. The largest absolute Gasteiger partial charge is 0.399 e. The van der Waals surface area contributed by atoms with E-state index in [1.807, 2.05) is 0 Å². The lowest BCUT2D eigenvalue weighted by molar-refractivity contribution is 0.580. The lowest BCUT2D eigenvalue weighted by Crippen LogP contribution is -2.24. The van der Waals surface area contributed by atoms with E-state index < -0.39 is 10.0 Å². The van der Waals surface area contributed by atoms with Gasteiger partial charge in [0.1, 0.15) is 10.7 Å². The predicted octanol–water partition coefficient (Wildman–Crippen LogP) is 3.41. The third kappa shape index (κ3) is 4.03. The molecule has 0 saturated carbocycles. The van der Waals surface area contributed by atoms with Gasteiger partial charge in [-0.05, 0) is 61.7 Å². The Morgan fingerprint density at radius 2 is 1.62 bits per heavy atom. The van der Waals surface area contributed by atoms with E-state index in [2.05, 4.69) is 36.6 Å². The van der Waals surface area contributed by atoms with Crippen LogP contribution in [0.15, 0.2) is 50.2 Å². The van der Waals surface area contributed by atoms with Crippen LogP contribution in [0.1, 0.15) is 5.56 Å². The van der Waals surface area contributed by atoms with Crippen molar-refractivity contribution in [1.29, 1.82) is 0 Å². The lowest BCUT2D eigenvalue weighted by atomic mass is 10.2. The van der Waals surface area contributed by atoms with E-state index in [-0.39, 0.29) is 17.3 Å². The van der Waals surface area contributed by atoms with Gasteiger partial charge in [-0.2, -0.15) is 0 Å². The van der Waals surface area contributed by atoms with E-state index in [9.17, 15) is 12.8 Å². The van der Waals surface area contributed by atoms with Crippen LogP contribution in [-0.4, -0.2) is 8.42 Å². The van der Waals surface area contributed by atoms with Crippen molar-refractivity contribution in [3.63, 3.8) is 0 Å². The number of benzene rings is 2. The van der Waals surface area contributed by atoms with Gasteiger partial charge in [-0.1, -0.05) is 12.1 Å². The highest BCUT2D eigenvalue weighted by atomic mass is 79.9. The Bertz CT molecular complexity index is 741. The van der Waals surface area contributed by atoms with Gasteiger partial charge in [0.25, 0.3) is 0 Å². The first kappa shape index (κ1) is 16.4. The fourth-order valence-electron chi connectivity index (χ4n) is 1.69. The van der Waals surface area contributed by atoms with Crippen molar-refractivity contribution in [3.05, 3.63) is 56.7 Å². The zero-order chi connectivity index (χ0) is 15.6. The first-order valence-electron chi connectivity index (χ1n) is 5.78. The number of nitrogens with one attached hydrogen (secondary N) is 1. The Morgan fingerprint density at radius 1 is 1.10 bits per heavy atom. The Kier molecular flexibility index (Phi) is 5.03. The van der Waals surface area contributed by atoms with E-state index in [4.69, 9.17) is 5.73 Å². The summed E-state index contributed by atoms with van der Waals surface area (Å²) in [6.07, 6.45) is 0. The molecule has 0 unspecified atom stereocenters. The summed E-state index contributed by atoms with van der Waals surface area (Å²) in [4.78, 5) is 0.0683. The fraction of sp³-hybridized carbons (Fsp3) is 0.0769. The molecular formula is C13H11Br2FN2O2S. The summed E-state index contributed by atoms with van der Waals surface area (Å²) in [5.41, 5.74) is 6.73. The first-order valence-corrected chi connectivity index (χ1v) is 8.85. The molecule has 0 spiro atoms. The predicted molar refractivity (Wildman–Crippen MR) is 86.7 cm³/mol. The van der Waals surface area contributed by atoms with Crippen LogP contribution >= 0.6 is 31.9 Å². The molecule has 0 bridgehead atoms. The number of nitrogen functional groups attached to an aromatic ring is 1. The van der Waals surface area contributed by atoms with Crippen molar-refractivity contribution >= 4 is 47.6 Å². The average Bonchev–Trinajstić information content (AvgIpc) is 2.36. The van der Waals surface area contributed by atoms with E-state index in [0.29, 0.717) is 20.2 Å². The second-order valence-corrected chi connectivity index (χ2v) is 7.68. The Balaban J connectivity index is 2.25. The minimum atomic E-state index is -3.74. The van der Waals surface area contributed by atoms with Gasteiger partial charge < -0.3 is 5.73 Å². The summed E-state index contributed by atoms with van der Waals surface area (Å²) in [6.45, 7) is 0.0614. The molecule has 21 heavy (non-hydrogen) atoms. The van der Waals surface area contributed by atoms with E-state index in [1.54, 1.807) is 0 Å². The van der Waals surface area contributed by atoms with Gasteiger partial charge in [0, 0.05) is 21.2 Å². The summed E-state index contributed by atoms with van der Waals surface area (Å²) < 4.78 is 40.7. The monoisotopic (exact) mass is 436 g/mol. The minimum absolute atomic E-state index is 0.0614. The zero-order valence-corrected chi connectivity index (χ0v) is 14.6. The molecule has 0 aromatic heterocycles. The molecule has 0 aliphatic heterocycles. The van der Waals surface area contributed by atoms with Gasteiger partial charge in [-0.3, -0.25) is 0 Å². The Labute approximate surface area is 138 Å². The maximum absolute atomic E-state index is 12.8. The standard InChI is InChI=1S/C13H11Br2FN2O2S/c14-11-5-10(17)6-12(15)13(11)21(19,20)18-7-8-1-3-9(16)4-2-8/h1-6,18H,7,17H2. The average molecular weight is 438 g/mol. The van der Waals surface area contributed by atoms with Gasteiger partial charge in [-0.25, -0.2) is 17.5 Å². The second kappa shape index (κ2) is 6.43. The van der Waals surface area contributed by atoms with E-state index in [0.717, 1.165) is 0 Å². The SMILES string of the molecule is Nc1cc(Br)c(S(=O)(=O)NCc2ccc(F)cc2)c(Br)c1. The number of anilines is 1. The normalized spacial score (nSPS) is 11.6. The van der Waals surface area contributed by atoms with Crippen molar-refractivity contribution in [3.8, 4) is 0 Å². The van der Waals surface area contributed by atoms with Crippen LogP contribution < -0.4 is 10.5 Å². The number of halogens is 3. The molecule has 0 heterocycles. The molecule has 4 nitrogen and oxygen atoms in total. The quantitative estimate of drug-likeness (QED) is 0.720. The fourth-order valence-corrected chi connectivity index (χ4v) is 5.32. The molecule has 2 rings (SSSR count). The van der Waals surface area contributed by atoms with Crippen molar-refractivity contribution in [2.24, 2.45) is 0 Å². The molecule has 0 radical (unpaired) electrons. The van der Waals surface area contributed by atoms with Crippen LogP contribution in [-0.2, 0) is 16.6 Å². The Morgan fingerprint density at radius 3 is 2.14 bits per heavy atom. The van der Waals surface area contributed by atoms with Gasteiger partial charge in [0.15, 0.2) is 0 Å². The van der Waals surface area contributed by atoms with Crippen molar-refractivity contribution < 1.29 is 12.8 Å². The molecule has 0 aliphatic carbocycles. The third-order valence-corrected chi connectivity index (χ3v) is 5.95. The minimum Gasteiger partial charge on any atom is -0.399 e. The number of hydrogen-bond acceptors (Lipinski definition) is 3. The number of rotatable bonds is 4. The molecule has 2 aromatic carbocycles. The maximum atomic E-state index is 12.8. The number of hydrogen-bond donors (Lipinski definition) is 2. The molecular weight excluding hydrogens is 427 g/mol. The van der Waals surface area contributed by atoms with Crippen LogP contribution in [0.5, 0.6) is 0 Å². The highest BCUT2D eigenvalue weighted by molar-refractivity contribution is 9.11. The number of nitrogens with two attached hydrogens (primary N) is 1. The summed E-state index contributed by atoms with van der Waals surface area (Å²) in [5.74, 6) is -0.370. The zero-order valence-electron chi connectivity index (χ0n) is 10.6. The smallest absolute Gasteiger partial charge is 0.243 e. The number of sulfonamides is 1. The molecule has 0 fully saturated rings. The molecule has 3 N–H and O–H groups in total. The lowest BCUT2D eigenvalue weighted by Gasteiger charge is -2.11. The van der Waals surface area contributed by atoms with Gasteiger partial charge in [0.05, 0.1) is 0 Å². The molecule has 0 saturated heterocycles. The van der Waals surface area contributed by atoms with Gasteiger partial charge >= 0.3 is 0 Å². The molecule has 0 atom stereocenters. The van der Waals surface area contributed by atoms with Crippen LogP contribution in [0.4, 0.5) is 10.1 Å². The first-order chi connectivity index (χ1) is 9.79. The summed E-state index contributed by atoms with van der Waals surface area (Å²) in [5, 5.41) is 0. The summed E-state index contributed by atoms with van der Waals surface area (Å²) in [6, 6.07) is 8.61. The Hall–Kier alpha value is -0.960. The summed E-state index contributed by atoms with van der Waals surface area (Å²) in [7, 11) is -3.74. The molecule has 2 aromatic rings. The van der Waals surface area contributed by atoms with Crippen LogP contribution in [0, 0.1) is 5.82 Å². The van der Waals surface area contributed by atoms with Crippen LogP contribution in [0.25, 0.3) is 0 Å². The van der Waals surface area contributed by atoms with Crippen molar-refractivity contribution in [2.45, 2.75) is 11.4 Å². The second-order valence-electron chi connectivity index (χ2n) is 4.26. The van der Waals surface area contributed by atoms with E-state index >= 15 is 0 Å². The van der Waals surface area contributed by atoms with Crippen molar-refractivity contribution in [2.75, 3.05) is 5.73 Å². The highest BCUT2D eigenvalue weighted by Gasteiger charge is 2.21. The highest BCUT2D eigenvalue weighted by Crippen LogP contribution is 2.32. The van der Waals surface area contributed by atoms with Crippen LogP contribution in [0.2, 0.25) is 0 Å². The van der Waals surface area contributed by atoms with Crippen molar-refractivity contribution in [1.82, 2.24) is 4.72 Å².